The first-order chi connectivity index (χ1) is 9.79. The van der Waals surface area contributed by atoms with Crippen molar-refractivity contribution < 1.29 is 9.15 Å². The van der Waals surface area contributed by atoms with Gasteiger partial charge < -0.3 is 19.8 Å². The van der Waals surface area contributed by atoms with Crippen LogP contribution in [0.2, 0.25) is 0 Å². The van der Waals surface area contributed by atoms with Gasteiger partial charge in [-0.15, -0.1) is 0 Å². The average molecular weight is 274 g/mol. The minimum Gasteiger partial charge on any atom is -0.493 e. The number of nitrogens with zero attached hydrogens (tertiary/aromatic N) is 1. The summed E-state index contributed by atoms with van der Waals surface area (Å²) < 4.78 is 10.8. The fourth-order valence-corrected chi connectivity index (χ4v) is 2.10. The SMILES string of the molecule is CN(CCCOc1ccccc1CN)Cc1ccoc1. The molecule has 1 aromatic heterocycles. The fourth-order valence-electron chi connectivity index (χ4n) is 2.10. The molecule has 4 heteroatoms. The highest BCUT2D eigenvalue weighted by atomic mass is 16.5. The number of nitrogens with two attached hydrogens (primary N) is 1. The van der Waals surface area contributed by atoms with E-state index in [9.17, 15) is 0 Å². The summed E-state index contributed by atoms with van der Waals surface area (Å²) in [5.41, 5.74) is 7.93. The number of hydrogen-bond donors (Lipinski definition) is 1. The van der Waals surface area contributed by atoms with Gasteiger partial charge in [0.15, 0.2) is 0 Å². The predicted molar refractivity (Wildman–Crippen MR) is 79.5 cm³/mol. The first-order valence-corrected chi connectivity index (χ1v) is 6.90. The van der Waals surface area contributed by atoms with Crippen LogP contribution in [0.1, 0.15) is 17.5 Å². The average Bonchev–Trinajstić information content (AvgIpc) is 2.97. The van der Waals surface area contributed by atoms with Gasteiger partial charge in [0.1, 0.15) is 5.75 Å². The van der Waals surface area contributed by atoms with Crippen molar-refractivity contribution in [1.29, 1.82) is 0 Å². The van der Waals surface area contributed by atoms with Gasteiger partial charge >= 0.3 is 0 Å². The van der Waals surface area contributed by atoms with E-state index in [1.54, 1.807) is 12.5 Å². The van der Waals surface area contributed by atoms with E-state index < -0.39 is 0 Å². The maximum absolute atomic E-state index is 5.79. The van der Waals surface area contributed by atoms with Crippen molar-refractivity contribution in [1.82, 2.24) is 4.90 Å². The van der Waals surface area contributed by atoms with E-state index in [1.165, 1.54) is 5.56 Å². The van der Waals surface area contributed by atoms with Crippen molar-refractivity contribution >= 4 is 0 Å². The van der Waals surface area contributed by atoms with Crippen LogP contribution >= 0.6 is 0 Å². The zero-order valence-electron chi connectivity index (χ0n) is 11.9. The molecular weight excluding hydrogens is 252 g/mol. The minimum atomic E-state index is 0.510. The van der Waals surface area contributed by atoms with E-state index in [4.69, 9.17) is 14.9 Å². The standard InChI is InChI=1S/C16H22N2O2/c1-18(12-14-7-10-19-13-14)8-4-9-20-16-6-3-2-5-15(16)11-17/h2-3,5-7,10,13H,4,8-9,11-12,17H2,1H3. The van der Waals surface area contributed by atoms with Crippen LogP contribution in [0.4, 0.5) is 0 Å². The maximum Gasteiger partial charge on any atom is 0.123 e. The molecule has 0 unspecified atom stereocenters. The Labute approximate surface area is 120 Å². The lowest BCUT2D eigenvalue weighted by Gasteiger charge is -2.16. The third-order valence-electron chi connectivity index (χ3n) is 3.17. The van der Waals surface area contributed by atoms with Crippen LogP contribution in [-0.4, -0.2) is 25.1 Å². The summed E-state index contributed by atoms with van der Waals surface area (Å²) in [6, 6.07) is 9.91. The highest BCUT2D eigenvalue weighted by molar-refractivity contribution is 5.32. The molecule has 2 rings (SSSR count). The van der Waals surface area contributed by atoms with Crippen LogP contribution in [-0.2, 0) is 13.1 Å². The molecule has 0 aliphatic rings. The van der Waals surface area contributed by atoms with Crippen LogP contribution in [0.3, 0.4) is 0 Å². The van der Waals surface area contributed by atoms with Gasteiger partial charge in [0.05, 0.1) is 19.1 Å². The molecule has 0 fully saturated rings. The second-order valence-corrected chi connectivity index (χ2v) is 4.88. The number of para-hydroxylation sites is 1. The summed E-state index contributed by atoms with van der Waals surface area (Å²) in [5.74, 6) is 0.896. The second-order valence-electron chi connectivity index (χ2n) is 4.88. The Kier molecular flexibility index (Phi) is 5.65. The quantitative estimate of drug-likeness (QED) is 0.752. The van der Waals surface area contributed by atoms with Crippen LogP contribution in [0.5, 0.6) is 5.75 Å². The smallest absolute Gasteiger partial charge is 0.123 e. The monoisotopic (exact) mass is 274 g/mol. The molecule has 0 saturated heterocycles. The van der Waals surface area contributed by atoms with Crippen molar-refractivity contribution in [2.24, 2.45) is 5.73 Å². The third-order valence-corrected chi connectivity index (χ3v) is 3.17. The molecule has 0 radical (unpaired) electrons. The summed E-state index contributed by atoms with van der Waals surface area (Å²) in [5, 5.41) is 0. The Bertz CT molecular complexity index is 497. The van der Waals surface area contributed by atoms with E-state index in [0.717, 1.165) is 30.8 Å². The Balaban J connectivity index is 1.68. The third kappa shape index (κ3) is 4.40. The van der Waals surface area contributed by atoms with Gasteiger partial charge in [-0.05, 0) is 25.6 Å². The van der Waals surface area contributed by atoms with Crippen LogP contribution in [0.25, 0.3) is 0 Å². The summed E-state index contributed by atoms with van der Waals surface area (Å²) in [4.78, 5) is 2.25. The minimum absolute atomic E-state index is 0.510. The van der Waals surface area contributed by atoms with E-state index >= 15 is 0 Å². The Morgan fingerprint density at radius 3 is 2.85 bits per heavy atom. The molecule has 0 amide bonds. The zero-order chi connectivity index (χ0) is 14.2. The van der Waals surface area contributed by atoms with Crippen LogP contribution in [0, 0.1) is 0 Å². The van der Waals surface area contributed by atoms with Crippen molar-refractivity contribution in [2.75, 3.05) is 20.2 Å². The lowest BCUT2D eigenvalue weighted by atomic mass is 10.2. The first-order valence-electron chi connectivity index (χ1n) is 6.90. The molecule has 0 aliphatic carbocycles. The van der Waals surface area contributed by atoms with E-state index in [2.05, 4.69) is 11.9 Å². The van der Waals surface area contributed by atoms with Crippen molar-refractivity contribution in [2.45, 2.75) is 19.5 Å². The molecule has 1 heterocycles. The van der Waals surface area contributed by atoms with E-state index in [0.29, 0.717) is 13.2 Å². The molecular formula is C16H22N2O2. The summed E-state index contributed by atoms with van der Waals surface area (Å²) in [7, 11) is 2.10. The van der Waals surface area contributed by atoms with Gasteiger partial charge in [0, 0.05) is 30.8 Å². The van der Waals surface area contributed by atoms with Crippen LogP contribution in [0.15, 0.2) is 47.3 Å². The molecule has 0 spiro atoms. The van der Waals surface area contributed by atoms with Gasteiger partial charge in [-0.2, -0.15) is 0 Å². The molecule has 0 aliphatic heterocycles. The lowest BCUT2D eigenvalue weighted by Crippen LogP contribution is -2.20. The number of ether oxygens (including phenoxy) is 1. The summed E-state index contributed by atoms with van der Waals surface area (Å²) in [6.07, 6.45) is 4.47. The van der Waals surface area contributed by atoms with Crippen LogP contribution < -0.4 is 10.5 Å². The molecule has 0 bridgehead atoms. The summed E-state index contributed by atoms with van der Waals surface area (Å²) >= 11 is 0. The normalized spacial score (nSPS) is 10.9. The number of hydrogen-bond acceptors (Lipinski definition) is 4. The zero-order valence-corrected chi connectivity index (χ0v) is 11.9. The van der Waals surface area contributed by atoms with E-state index in [-0.39, 0.29) is 0 Å². The molecule has 0 saturated carbocycles. The molecule has 1 aromatic carbocycles. The highest BCUT2D eigenvalue weighted by Crippen LogP contribution is 2.17. The summed E-state index contributed by atoms with van der Waals surface area (Å²) in [6.45, 7) is 3.09. The fraction of sp³-hybridized carbons (Fsp3) is 0.375. The molecule has 20 heavy (non-hydrogen) atoms. The first kappa shape index (κ1) is 14.6. The lowest BCUT2D eigenvalue weighted by molar-refractivity contribution is 0.257. The topological polar surface area (TPSA) is 51.6 Å². The Morgan fingerprint density at radius 1 is 1.25 bits per heavy atom. The highest BCUT2D eigenvalue weighted by Gasteiger charge is 2.03. The Morgan fingerprint density at radius 2 is 2.10 bits per heavy atom. The van der Waals surface area contributed by atoms with Gasteiger partial charge in [-0.1, -0.05) is 18.2 Å². The second kappa shape index (κ2) is 7.72. The molecule has 108 valence electrons. The van der Waals surface area contributed by atoms with Crippen molar-refractivity contribution in [3.05, 3.63) is 54.0 Å². The maximum atomic E-state index is 5.79. The number of furan rings is 1. The molecule has 2 N–H and O–H groups in total. The van der Waals surface area contributed by atoms with Gasteiger partial charge in [0.2, 0.25) is 0 Å². The van der Waals surface area contributed by atoms with Gasteiger partial charge in [-0.3, -0.25) is 0 Å². The largest absolute Gasteiger partial charge is 0.493 e. The van der Waals surface area contributed by atoms with Crippen molar-refractivity contribution in [3.63, 3.8) is 0 Å². The molecule has 2 aromatic rings. The number of rotatable bonds is 8. The van der Waals surface area contributed by atoms with Gasteiger partial charge in [0.25, 0.3) is 0 Å². The van der Waals surface area contributed by atoms with E-state index in [1.807, 2.05) is 30.3 Å². The predicted octanol–water partition coefficient (Wildman–Crippen LogP) is 2.64. The molecule has 4 nitrogen and oxygen atoms in total. The van der Waals surface area contributed by atoms with Crippen molar-refractivity contribution in [3.8, 4) is 5.75 Å². The Hall–Kier alpha value is -1.78. The molecule has 0 atom stereocenters. The number of benzene rings is 1. The van der Waals surface area contributed by atoms with Gasteiger partial charge in [-0.25, -0.2) is 0 Å².